The van der Waals surface area contributed by atoms with Crippen LogP contribution in [-0.4, -0.2) is 13.0 Å². The first-order valence-electron chi connectivity index (χ1n) is 9.38. The maximum Gasteiger partial charge on any atom is 0.255 e. The Morgan fingerprint density at radius 2 is 1.59 bits per heavy atom. The van der Waals surface area contributed by atoms with Crippen LogP contribution >= 0.6 is 0 Å². The number of rotatable bonds is 6. The highest BCUT2D eigenvalue weighted by Gasteiger charge is 2.13. The van der Waals surface area contributed by atoms with Gasteiger partial charge in [0, 0.05) is 16.6 Å². The van der Waals surface area contributed by atoms with Crippen LogP contribution in [0.2, 0.25) is 0 Å². The van der Waals surface area contributed by atoms with Crippen molar-refractivity contribution in [1.82, 2.24) is 0 Å². The van der Waals surface area contributed by atoms with Crippen LogP contribution in [0.15, 0.2) is 91.0 Å². The molecular weight excluding hydrogens is 362 g/mol. The molecular formula is C25H21NO3. The van der Waals surface area contributed by atoms with Crippen molar-refractivity contribution in [3.05, 3.63) is 102 Å². The molecule has 0 aliphatic rings. The maximum absolute atomic E-state index is 12.8. The number of carbonyl (C=O) groups is 1. The Hall–Kier alpha value is -3.79. The fourth-order valence-corrected chi connectivity index (χ4v) is 3.19. The lowest BCUT2D eigenvalue weighted by Crippen LogP contribution is -2.12. The van der Waals surface area contributed by atoms with E-state index in [1.807, 2.05) is 72.8 Å². The molecule has 144 valence electrons. The van der Waals surface area contributed by atoms with Crippen molar-refractivity contribution in [2.24, 2.45) is 0 Å². The first-order chi connectivity index (χ1) is 14.2. The number of anilines is 1. The lowest BCUT2D eigenvalue weighted by atomic mass is 10.1. The fourth-order valence-electron chi connectivity index (χ4n) is 3.19. The highest BCUT2D eigenvalue weighted by Crippen LogP contribution is 2.30. The van der Waals surface area contributed by atoms with Crippen molar-refractivity contribution in [2.75, 3.05) is 12.4 Å². The molecule has 4 nitrogen and oxygen atoms in total. The lowest BCUT2D eigenvalue weighted by molar-refractivity contribution is 0.102. The molecule has 0 unspecified atom stereocenters. The van der Waals surface area contributed by atoms with E-state index < -0.39 is 0 Å². The third-order valence-corrected chi connectivity index (χ3v) is 4.70. The summed E-state index contributed by atoms with van der Waals surface area (Å²) in [6, 6.07) is 28.9. The summed E-state index contributed by atoms with van der Waals surface area (Å²) in [5.74, 6) is 0.916. The van der Waals surface area contributed by atoms with Crippen LogP contribution in [0.1, 0.15) is 15.9 Å². The molecule has 4 aromatic carbocycles. The minimum Gasteiger partial charge on any atom is -0.493 e. The number of ether oxygens (including phenoxy) is 2. The van der Waals surface area contributed by atoms with Crippen molar-refractivity contribution in [3.8, 4) is 11.5 Å². The summed E-state index contributed by atoms with van der Waals surface area (Å²) in [5.41, 5.74) is 2.34. The van der Waals surface area contributed by atoms with E-state index in [0.717, 1.165) is 22.0 Å². The second-order valence-electron chi connectivity index (χ2n) is 6.62. The van der Waals surface area contributed by atoms with Crippen molar-refractivity contribution in [1.29, 1.82) is 0 Å². The highest BCUT2D eigenvalue weighted by atomic mass is 16.5. The van der Waals surface area contributed by atoms with Crippen LogP contribution in [0, 0.1) is 0 Å². The summed E-state index contributed by atoms with van der Waals surface area (Å²) in [5, 5.41) is 5.07. The Balaban J connectivity index is 1.53. The molecule has 0 aromatic heterocycles. The Bertz CT molecular complexity index is 1130. The molecule has 0 bridgehead atoms. The minimum absolute atomic E-state index is 0.200. The Morgan fingerprint density at radius 1 is 0.828 bits per heavy atom. The molecule has 0 aliphatic carbocycles. The number of fused-ring (bicyclic) bond motifs is 1. The van der Waals surface area contributed by atoms with Crippen LogP contribution in [0.3, 0.4) is 0 Å². The summed E-state index contributed by atoms with van der Waals surface area (Å²) in [7, 11) is 1.57. The molecule has 29 heavy (non-hydrogen) atoms. The quantitative estimate of drug-likeness (QED) is 0.466. The van der Waals surface area contributed by atoms with Crippen LogP contribution in [0.5, 0.6) is 11.5 Å². The van der Waals surface area contributed by atoms with Crippen LogP contribution < -0.4 is 14.8 Å². The molecule has 0 atom stereocenters. The maximum atomic E-state index is 12.8. The van der Waals surface area contributed by atoms with Gasteiger partial charge in [0.25, 0.3) is 5.91 Å². The van der Waals surface area contributed by atoms with Gasteiger partial charge >= 0.3 is 0 Å². The molecule has 0 saturated heterocycles. The van der Waals surface area contributed by atoms with E-state index in [-0.39, 0.29) is 5.91 Å². The molecule has 0 saturated carbocycles. The second-order valence-corrected chi connectivity index (χ2v) is 6.62. The third kappa shape index (κ3) is 4.22. The first kappa shape index (κ1) is 18.6. The zero-order valence-electron chi connectivity index (χ0n) is 16.1. The number of nitrogens with one attached hydrogen (secondary N) is 1. The Kier molecular flexibility index (Phi) is 5.43. The minimum atomic E-state index is -0.200. The van der Waals surface area contributed by atoms with Gasteiger partial charge in [-0.05, 0) is 35.2 Å². The summed E-state index contributed by atoms with van der Waals surface area (Å²) in [4.78, 5) is 12.8. The predicted octanol–water partition coefficient (Wildman–Crippen LogP) is 5.68. The molecule has 0 spiro atoms. The van der Waals surface area contributed by atoms with Crippen molar-refractivity contribution < 1.29 is 14.3 Å². The molecule has 0 fully saturated rings. The molecule has 0 heterocycles. The van der Waals surface area contributed by atoms with Crippen molar-refractivity contribution in [2.45, 2.75) is 6.61 Å². The average Bonchev–Trinajstić information content (AvgIpc) is 2.78. The van der Waals surface area contributed by atoms with E-state index in [0.29, 0.717) is 23.7 Å². The van der Waals surface area contributed by atoms with Gasteiger partial charge in [-0.25, -0.2) is 0 Å². The van der Waals surface area contributed by atoms with Gasteiger partial charge in [0.1, 0.15) is 6.61 Å². The zero-order valence-corrected chi connectivity index (χ0v) is 16.1. The highest BCUT2D eigenvalue weighted by molar-refractivity contribution is 6.09. The Morgan fingerprint density at radius 3 is 2.41 bits per heavy atom. The molecule has 1 N–H and O–H groups in total. The SMILES string of the molecule is COc1cc(C(=O)Nc2cccc3ccccc23)ccc1OCc1ccccc1. The number of hydrogen-bond acceptors (Lipinski definition) is 3. The zero-order chi connectivity index (χ0) is 20.1. The molecule has 0 aliphatic heterocycles. The van der Waals surface area contributed by atoms with Gasteiger partial charge in [0.15, 0.2) is 11.5 Å². The monoisotopic (exact) mass is 383 g/mol. The molecule has 4 aromatic rings. The van der Waals surface area contributed by atoms with Crippen molar-refractivity contribution >= 4 is 22.4 Å². The van der Waals surface area contributed by atoms with Crippen LogP contribution in [-0.2, 0) is 6.61 Å². The Labute approximate surface area is 169 Å². The summed E-state index contributed by atoms with van der Waals surface area (Å²) < 4.78 is 11.3. The third-order valence-electron chi connectivity index (χ3n) is 4.70. The van der Waals surface area contributed by atoms with Gasteiger partial charge in [0.2, 0.25) is 0 Å². The number of methoxy groups -OCH3 is 1. The van der Waals surface area contributed by atoms with Gasteiger partial charge in [0.05, 0.1) is 7.11 Å². The van der Waals surface area contributed by atoms with Gasteiger partial charge in [-0.1, -0.05) is 66.7 Å². The van der Waals surface area contributed by atoms with Crippen LogP contribution in [0.25, 0.3) is 10.8 Å². The number of carbonyl (C=O) groups excluding carboxylic acids is 1. The van der Waals surface area contributed by atoms with E-state index in [1.165, 1.54) is 0 Å². The smallest absolute Gasteiger partial charge is 0.255 e. The van der Waals surface area contributed by atoms with E-state index >= 15 is 0 Å². The van der Waals surface area contributed by atoms with Gasteiger partial charge in [-0.3, -0.25) is 4.79 Å². The molecule has 4 rings (SSSR count). The first-order valence-corrected chi connectivity index (χ1v) is 9.38. The normalized spacial score (nSPS) is 10.5. The summed E-state index contributed by atoms with van der Waals surface area (Å²) in [6.07, 6.45) is 0. The summed E-state index contributed by atoms with van der Waals surface area (Å²) >= 11 is 0. The summed E-state index contributed by atoms with van der Waals surface area (Å²) in [6.45, 7) is 0.429. The second kappa shape index (κ2) is 8.48. The topological polar surface area (TPSA) is 47.6 Å². The lowest BCUT2D eigenvalue weighted by Gasteiger charge is -2.13. The number of amides is 1. The fraction of sp³-hybridized carbons (Fsp3) is 0.0800. The van der Waals surface area contributed by atoms with Gasteiger partial charge in [-0.2, -0.15) is 0 Å². The molecule has 1 amide bonds. The van der Waals surface area contributed by atoms with Gasteiger partial charge in [-0.15, -0.1) is 0 Å². The van der Waals surface area contributed by atoms with Gasteiger partial charge < -0.3 is 14.8 Å². The van der Waals surface area contributed by atoms with E-state index in [2.05, 4.69) is 5.32 Å². The van der Waals surface area contributed by atoms with E-state index in [1.54, 1.807) is 25.3 Å². The molecule has 0 radical (unpaired) electrons. The van der Waals surface area contributed by atoms with Crippen LogP contribution in [0.4, 0.5) is 5.69 Å². The number of benzene rings is 4. The number of hydrogen-bond donors (Lipinski definition) is 1. The standard InChI is InChI=1S/C25H21NO3/c1-28-24-16-20(14-15-23(24)29-17-18-8-3-2-4-9-18)25(27)26-22-13-7-11-19-10-5-6-12-21(19)22/h2-16H,17H2,1H3,(H,26,27). The van der Waals surface area contributed by atoms with E-state index in [9.17, 15) is 4.79 Å². The van der Waals surface area contributed by atoms with Crippen molar-refractivity contribution in [3.63, 3.8) is 0 Å². The predicted molar refractivity (Wildman–Crippen MR) is 116 cm³/mol. The molecule has 4 heteroatoms. The largest absolute Gasteiger partial charge is 0.493 e. The van der Waals surface area contributed by atoms with E-state index in [4.69, 9.17) is 9.47 Å². The average molecular weight is 383 g/mol.